The first kappa shape index (κ1) is 12.2. The fourth-order valence-corrected chi connectivity index (χ4v) is 2.49. The van der Waals surface area contributed by atoms with Gasteiger partial charge in [-0.25, -0.2) is 9.18 Å². The van der Waals surface area contributed by atoms with Gasteiger partial charge in [0.1, 0.15) is 0 Å². The van der Waals surface area contributed by atoms with Crippen LogP contribution in [0.1, 0.15) is 6.42 Å². The molecule has 5 nitrogen and oxygen atoms in total. The highest BCUT2D eigenvalue weighted by molar-refractivity contribution is 5.90. The molecule has 1 heterocycles. The quantitative estimate of drug-likeness (QED) is 0.876. The zero-order valence-electron chi connectivity index (χ0n) is 10.5. The summed E-state index contributed by atoms with van der Waals surface area (Å²) in [5.74, 6) is -0.0782. The van der Waals surface area contributed by atoms with Gasteiger partial charge in [0.25, 0.3) is 0 Å². The van der Waals surface area contributed by atoms with Crippen molar-refractivity contribution in [1.82, 2.24) is 5.32 Å². The van der Waals surface area contributed by atoms with Crippen molar-refractivity contribution in [2.24, 2.45) is 5.92 Å². The molecule has 2 aliphatic rings. The third-order valence-corrected chi connectivity index (χ3v) is 3.70. The second-order valence-corrected chi connectivity index (χ2v) is 4.97. The van der Waals surface area contributed by atoms with E-state index >= 15 is 0 Å². The Hall–Kier alpha value is -1.82. The molecule has 1 saturated heterocycles. The van der Waals surface area contributed by atoms with Crippen molar-refractivity contribution < 1.29 is 18.7 Å². The molecule has 0 unspecified atom stereocenters. The topological polar surface area (TPSA) is 59.6 Å². The Morgan fingerprint density at radius 3 is 3.05 bits per heavy atom. The summed E-state index contributed by atoms with van der Waals surface area (Å²) in [7, 11) is 1.38. The van der Waals surface area contributed by atoms with Gasteiger partial charge in [-0.3, -0.25) is 0 Å². The minimum absolute atomic E-state index is 0.101. The standard InChI is InChI=1S/C13H15FN2O3/c1-18-10-4-2-3-9(11(10)14)15-12(17)16-13-5-8(13)6-19-7-13/h2-4,8H,5-7H2,1H3,(H2,15,16,17)/t8-,13-/m0/s1. The monoisotopic (exact) mass is 266 g/mol. The molecule has 1 saturated carbocycles. The average molecular weight is 266 g/mol. The number of hydrogen-bond acceptors (Lipinski definition) is 3. The molecule has 2 N–H and O–H groups in total. The number of benzene rings is 1. The van der Waals surface area contributed by atoms with E-state index in [4.69, 9.17) is 9.47 Å². The van der Waals surface area contributed by atoms with Gasteiger partial charge in [-0.1, -0.05) is 6.07 Å². The molecular formula is C13H15FN2O3. The summed E-state index contributed by atoms with van der Waals surface area (Å²) in [6, 6.07) is 4.19. The molecular weight excluding hydrogens is 251 g/mol. The molecule has 1 aliphatic carbocycles. The van der Waals surface area contributed by atoms with Gasteiger partial charge in [-0.05, 0) is 18.6 Å². The fourth-order valence-electron chi connectivity index (χ4n) is 2.49. The summed E-state index contributed by atoms with van der Waals surface area (Å²) in [6.45, 7) is 1.22. The maximum atomic E-state index is 13.9. The lowest BCUT2D eigenvalue weighted by Crippen LogP contribution is -2.42. The zero-order chi connectivity index (χ0) is 13.5. The lowest BCUT2D eigenvalue weighted by Gasteiger charge is -2.15. The van der Waals surface area contributed by atoms with Gasteiger partial charge in [0.2, 0.25) is 0 Å². The van der Waals surface area contributed by atoms with Crippen LogP contribution in [0.5, 0.6) is 5.75 Å². The van der Waals surface area contributed by atoms with Gasteiger partial charge in [-0.15, -0.1) is 0 Å². The van der Waals surface area contributed by atoms with Gasteiger partial charge >= 0.3 is 6.03 Å². The lowest BCUT2D eigenvalue weighted by molar-refractivity contribution is 0.155. The van der Waals surface area contributed by atoms with E-state index < -0.39 is 11.8 Å². The number of hydrogen-bond donors (Lipinski definition) is 2. The predicted molar refractivity (Wildman–Crippen MR) is 66.8 cm³/mol. The van der Waals surface area contributed by atoms with Crippen molar-refractivity contribution in [3.05, 3.63) is 24.0 Å². The number of rotatable bonds is 3. The van der Waals surface area contributed by atoms with Gasteiger partial charge in [0.15, 0.2) is 11.6 Å². The first-order chi connectivity index (χ1) is 9.14. The van der Waals surface area contributed by atoms with Crippen LogP contribution in [0.4, 0.5) is 14.9 Å². The summed E-state index contributed by atoms with van der Waals surface area (Å²) in [6.07, 6.45) is 0.932. The number of halogens is 1. The first-order valence-electron chi connectivity index (χ1n) is 6.14. The highest BCUT2D eigenvalue weighted by atomic mass is 19.1. The van der Waals surface area contributed by atoms with Crippen LogP contribution in [-0.2, 0) is 4.74 Å². The Morgan fingerprint density at radius 1 is 1.58 bits per heavy atom. The lowest BCUT2D eigenvalue weighted by atomic mass is 10.2. The first-order valence-corrected chi connectivity index (χ1v) is 6.14. The van der Waals surface area contributed by atoms with Crippen LogP contribution in [0.2, 0.25) is 0 Å². The minimum atomic E-state index is -0.576. The van der Waals surface area contributed by atoms with E-state index in [1.807, 2.05) is 0 Å². The fraction of sp³-hybridized carbons (Fsp3) is 0.462. The molecule has 2 atom stereocenters. The van der Waals surface area contributed by atoms with Gasteiger partial charge < -0.3 is 20.1 Å². The number of carbonyl (C=O) groups excluding carboxylic acids is 1. The van der Waals surface area contributed by atoms with Gasteiger partial charge in [0, 0.05) is 5.92 Å². The number of fused-ring (bicyclic) bond motifs is 1. The molecule has 2 amide bonds. The van der Waals surface area contributed by atoms with E-state index in [-0.39, 0.29) is 17.0 Å². The Kier molecular flexibility index (Phi) is 2.82. The van der Waals surface area contributed by atoms with Gasteiger partial charge in [0.05, 0.1) is 31.5 Å². The van der Waals surface area contributed by atoms with Crippen molar-refractivity contribution in [2.75, 3.05) is 25.6 Å². The average Bonchev–Trinajstić information content (AvgIpc) is 2.92. The smallest absolute Gasteiger partial charge is 0.319 e. The predicted octanol–water partition coefficient (Wildman–Crippen LogP) is 1.74. The van der Waals surface area contributed by atoms with Crippen LogP contribution in [0.15, 0.2) is 18.2 Å². The summed E-state index contributed by atoms with van der Waals surface area (Å²) in [5, 5.41) is 5.36. The number of urea groups is 1. The number of anilines is 1. The van der Waals surface area contributed by atoms with Crippen molar-refractivity contribution in [3.63, 3.8) is 0 Å². The molecule has 6 heteroatoms. The zero-order valence-corrected chi connectivity index (χ0v) is 10.5. The Bertz CT molecular complexity index is 523. The Morgan fingerprint density at radius 2 is 2.42 bits per heavy atom. The van der Waals surface area contributed by atoms with Crippen molar-refractivity contribution in [2.45, 2.75) is 12.0 Å². The van der Waals surface area contributed by atoms with Crippen LogP contribution in [0, 0.1) is 11.7 Å². The van der Waals surface area contributed by atoms with Crippen LogP contribution in [-0.4, -0.2) is 31.9 Å². The summed E-state index contributed by atoms with van der Waals surface area (Å²) in [5.41, 5.74) is -0.135. The third kappa shape index (κ3) is 2.12. The second-order valence-electron chi connectivity index (χ2n) is 4.97. The highest BCUT2D eigenvalue weighted by Crippen LogP contribution is 2.48. The molecule has 3 rings (SSSR count). The van der Waals surface area contributed by atoms with E-state index in [0.717, 1.165) is 6.42 Å². The molecule has 19 heavy (non-hydrogen) atoms. The number of ether oxygens (including phenoxy) is 2. The van der Waals surface area contributed by atoms with Crippen LogP contribution >= 0.6 is 0 Å². The summed E-state index contributed by atoms with van der Waals surface area (Å²) in [4.78, 5) is 11.9. The molecule has 0 aromatic heterocycles. The van der Waals surface area contributed by atoms with Crippen LogP contribution in [0.3, 0.4) is 0 Å². The number of methoxy groups -OCH3 is 1. The van der Waals surface area contributed by atoms with Crippen molar-refractivity contribution in [1.29, 1.82) is 0 Å². The maximum absolute atomic E-state index is 13.9. The van der Waals surface area contributed by atoms with E-state index in [0.29, 0.717) is 19.1 Å². The molecule has 1 aliphatic heterocycles. The number of nitrogens with one attached hydrogen (secondary N) is 2. The molecule has 0 radical (unpaired) electrons. The minimum Gasteiger partial charge on any atom is -0.494 e. The molecule has 2 fully saturated rings. The third-order valence-electron chi connectivity index (χ3n) is 3.70. The number of amides is 2. The Balaban J connectivity index is 1.66. The molecule has 1 aromatic carbocycles. The molecule has 0 bridgehead atoms. The Labute approximate surface area is 110 Å². The van der Waals surface area contributed by atoms with Crippen LogP contribution < -0.4 is 15.4 Å². The SMILES string of the molecule is COc1cccc(NC(=O)N[C@@]23COC[C@@H]2C3)c1F. The van der Waals surface area contributed by atoms with E-state index in [2.05, 4.69) is 10.6 Å². The van der Waals surface area contributed by atoms with Crippen LogP contribution in [0.25, 0.3) is 0 Å². The maximum Gasteiger partial charge on any atom is 0.319 e. The molecule has 102 valence electrons. The van der Waals surface area contributed by atoms with Crippen molar-refractivity contribution >= 4 is 11.7 Å². The summed E-state index contributed by atoms with van der Waals surface area (Å²) >= 11 is 0. The van der Waals surface area contributed by atoms with E-state index in [1.54, 1.807) is 6.07 Å². The summed E-state index contributed by atoms with van der Waals surface area (Å²) < 4.78 is 24.0. The number of carbonyl (C=O) groups is 1. The van der Waals surface area contributed by atoms with Gasteiger partial charge in [-0.2, -0.15) is 0 Å². The van der Waals surface area contributed by atoms with E-state index in [1.165, 1.54) is 19.2 Å². The van der Waals surface area contributed by atoms with E-state index in [9.17, 15) is 9.18 Å². The largest absolute Gasteiger partial charge is 0.494 e. The second kappa shape index (κ2) is 4.38. The highest BCUT2D eigenvalue weighted by Gasteiger charge is 2.59. The normalized spacial score (nSPS) is 27.6. The molecule has 1 aromatic rings. The van der Waals surface area contributed by atoms with Crippen molar-refractivity contribution in [3.8, 4) is 5.75 Å². The molecule has 0 spiro atoms.